The highest BCUT2D eigenvalue weighted by Gasteiger charge is 2.35. The van der Waals surface area contributed by atoms with Gasteiger partial charge in [-0.2, -0.15) is 0 Å². The molecule has 0 aliphatic carbocycles. The van der Waals surface area contributed by atoms with Crippen LogP contribution >= 0.6 is 23.2 Å². The second-order valence-electron chi connectivity index (χ2n) is 10.1. The highest BCUT2D eigenvalue weighted by molar-refractivity contribution is 6.40. The van der Waals surface area contributed by atoms with Gasteiger partial charge in [0.2, 0.25) is 5.91 Å². The molecule has 2 aliphatic heterocycles. The zero-order valence-electron chi connectivity index (χ0n) is 20.8. The number of piperidine rings is 1. The van der Waals surface area contributed by atoms with Crippen molar-refractivity contribution in [1.29, 1.82) is 0 Å². The molecule has 190 valence electrons. The molecule has 4 rings (SSSR count). The Morgan fingerprint density at radius 3 is 2.34 bits per heavy atom. The van der Waals surface area contributed by atoms with E-state index in [9.17, 15) is 9.18 Å². The summed E-state index contributed by atoms with van der Waals surface area (Å²) in [5.41, 5.74) is 2.23. The highest BCUT2D eigenvalue weighted by atomic mass is 35.5. The van der Waals surface area contributed by atoms with Gasteiger partial charge < -0.3 is 14.7 Å². The summed E-state index contributed by atoms with van der Waals surface area (Å²) in [5, 5.41) is 0.962. The standard InChI is InChI=1S/C27H35Cl2FN4O/c1-19-14-20(15-21-6-4-5-7-25(21)30)18-34(27(19)35)26-23(28)16-22(17-24(26)29)33-12-10-32(11-13-33)9-8-31(2)3/h4-7,16-17,19-20H,8-15,18H2,1-3H3/t19-,20-/m1/s1. The first-order valence-corrected chi connectivity index (χ1v) is 13.1. The number of carbonyl (C=O) groups excluding carboxylic acids is 1. The molecular formula is C27H35Cl2FN4O. The summed E-state index contributed by atoms with van der Waals surface area (Å²) >= 11 is 13.5. The van der Waals surface area contributed by atoms with Crippen molar-refractivity contribution in [2.75, 3.05) is 69.7 Å². The Hall–Kier alpha value is -1.86. The van der Waals surface area contributed by atoms with Crippen molar-refractivity contribution >= 4 is 40.5 Å². The van der Waals surface area contributed by atoms with Gasteiger partial charge in [0.05, 0.1) is 15.7 Å². The van der Waals surface area contributed by atoms with E-state index in [0.29, 0.717) is 34.3 Å². The van der Waals surface area contributed by atoms with Gasteiger partial charge in [0, 0.05) is 57.4 Å². The molecule has 2 aromatic carbocycles. The van der Waals surface area contributed by atoms with Crippen LogP contribution in [0.5, 0.6) is 0 Å². The number of piperazine rings is 1. The molecule has 0 N–H and O–H groups in total. The molecule has 2 aromatic rings. The van der Waals surface area contributed by atoms with Gasteiger partial charge >= 0.3 is 0 Å². The van der Waals surface area contributed by atoms with Crippen LogP contribution in [0.1, 0.15) is 18.9 Å². The van der Waals surface area contributed by atoms with E-state index in [1.165, 1.54) is 6.07 Å². The number of hydrogen-bond donors (Lipinski definition) is 0. The molecule has 2 saturated heterocycles. The highest BCUT2D eigenvalue weighted by Crippen LogP contribution is 2.41. The number of hydrogen-bond acceptors (Lipinski definition) is 4. The number of anilines is 2. The fourth-order valence-electron chi connectivity index (χ4n) is 5.18. The summed E-state index contributed by atoms with van der Waals surface area (Å²) in [6.07, 6.45) is 1.29. The molecule has 0 aromatic heterocycles. The van der Waals surface area contributed by atoms with E-state index >= 15 is 0 Å². The maximum Gasteiger partial charge on any atom is 0.229 e. The van der Waals surface area contributed by atoms with E-state index in [1.807, 2.05) is 31.2 Å². The van der Waals surface area contributed by atoms with Crippen LogP contribution in [0, 0.1) is 17.7 Å². The van der Waals surface area contributed by atoms with Crippen LogP contribution in [0.4, 0.5) is 15.8 Å². The van der Waals surface area contributed by atoms with Crippen molar-refractivity contribution in [2.45, 2.75) is 19.8 Å². The lowest BCUT2D eigenvalue weighted by Crippen LogP contribution is -2.48. The molecule has 35 heavy (non-hydrogen) atoms. The number of benzene rings is 2. The minimum Gasteiger partial charge on any atom is -0.369 e. The van der Waals surface area contributed by atoms with E-state index in [1.54, 1.807) is 11.0 Å². The first-order valence-electron chi connectivity index (χ1n) is 12.4. The Labute approximate surface area is 218 Å². The van der Waals surface area contributed by atoms with Gasteiger partial charge in [0.1, 0.15) is 5.82 Å². The maximum absolute atomic E-state index is 14.3. The SMILES string of the molecule is C[C@@H]1C[C@H](Cc2ccccc2F)CN(c2c(Cl)cc(N3CCN(CCN(C)C)CC3)cc2Cl)C1=O. The Bertz CT molecular complexity index is 1020. The largest absolute Gasteiger partial charge is 0.369 e. The Morgan fingerprint density at radius 2 is 1.71 bits per heavy atom. The number of likely N-dealkylation sites (N-methyl/N-ethyl adjacent to an activating group) is 1. The Balaban J connectivity index is 1.48. The Kier molecular flexibility index (Phi) is 8.59. The third kappa shape index (κ3) is 6.29. The predicted molar refractivity (Wildman–Crippen MR) is 143 cm³/mol. The molecule has 2 atom stereocenters. The van der Waals surface area contributed by atoms with Crippen molar-refractivity contribution < 1.29 is 9.18 Å². The second-order valence-corrected chi connectivity index (χ2v) is 11.0. The Morgan fingerprint density at radius 1 is 1.06 bits per heavy atom. The second kappa shape index (κ2) is 11.5. The first kappa shape index (κ1) is 26.2. The smallest absolute Gasteiger partial charge is 0.229 e. The van der Waals surface area contributed by atoms with Crippen LogP contribution in [-0.2, 0) is 11.2 Å². The molecule has 1 amide bonds. The number of amides is 1. The summed E-state index contributed by atoms with van der Waals surface area (Å²) in [5.74, 6) is -0.240. The number of nitrogens with zero attached hydrogens (tertiary/aromatic N) is 4. The van der Waals surface area contributed by atoms with Gasteiger partial charge in [0.15, 0.2) is 0 Å². The number of halogens is 3. The van der Waals surface area contributed by atoms with Gasteiger partial charge in [-0.15, -0.1) is 0 Å². The molecule has 8 heteroatoms. The molecule has 0 radical (unpaired) electrons. The lowest BCUT2D eigenvalue weighted by atomic mass is 9.85. The third-order valence-corrected chi connectivity index (χ3v) is 7.73. The summed E-state index contributed by atoms with van der Waals surface area (Å²) in [4.78, 5) is 21.8. The molecule has 0 bridgehead atoms. The predicted octanol–water partition coefficient (Wildman–Crippen LogP) is 5.05. The molecule has 5 nitrogen and oxygen atoms in total. The topological polar surface area (TPSA) is 30.0 Å². The zero-order valence-corrected chi connectivity index (χ0v) is 22.3. The van der Waals surface area contributed by atoms with Crippen molar-refractivity contribution in [3.05, 3.63) is 57.8 Å². The molecule has 2 fully saturated rings. The normalized spacial score (nSPS) is 21.7. The van der Waals surface area contributed by atoms with Crippen molar-refractivity contribution in [1.82, 2.24) is 9.80 Å². The minimum absolute atomic E-state index is 0.0147. The van der Waals surface area contributed by atoms with Crippen LogP contribution in [0.15, 0.2) is 36.4 Å². The number of rotatable bonds is 7. The summed E-state index contributed by atoms with van der Waals surface area (Å²) < 4.78 is 14.3. The third-order valence-electron chi connectivity index (χ3n) is 7.15. The van der Waals surface area contributed by atoms with Gasteiger partial charge in [-0.25, -0.2) is 4.39 Å². The summed E-state index contributed by atoms with van der Waals surface area (Å²) in [7, 11) is 4.19. The van der Waals surface area contributed by atoms with Crippen LogP contribution in [0.2, 0.25) is 10.0 Å². The summed E-state index contributed by atoms with van der Waals surface area (Å²) in [6, 6.07) is 10.7. The molecule has 2 aliphatic rings. The van der Waals surface area contributed by atoms with E-state index < -0.39 is 0 Å². The monoisotopic (exact) mass is 520 g/mol. The minimum atomic E-state index is -0.203. The van der Waals surface area contributed by atoms with E-state index in [0.717, 1.165) is 51.4 Å². The van der Waals surface area contributed by atoms with Gasteiger partial charge in [-0.05, 0) is 56.6 Å². The zero-order chi connectivity index (χ0) is 25.1. The molecule has 0 saturated carbocycles. The fraction of sp³-hybridized carbons (Fsp3) is 0.519. The van der Waals surface area contributed by atoms with Crippen LogP contribution in [0.3, 0.4) is 0 Å². The lowest BCUT2D eigenvalue weighted by molar-refractivity contribution is -0.124. The van der Waals surface area contributed by atoms with Gasteiger partial charge in [-0.3, -0.25) is 9.69 Å². The average molecular weight is 522 g/mol. The molecule has 0 spiro atoms. The molecular weight excluding hydrogens is 486 g/mol. The van der Waals surface area contributed by atoms with Crippen molar-refractivity contribution in [3.8, 4) is 0 Å². The van der Waals surface area contributed by atoms with Crippen LogP contribution in [0.25, 0.3) is 0 Å². The summed E-state index contributed by atoms with van der Waals surface area (Å²) in [6.45, 7) is 8.30. The average Bonchev–Trinajstić information content (AvgIpc) is 2.82. The van der Waals surface area contributed by atoms with E-state index in [-0.39, 0.29) is 23.6 Å². The lowest BCUT2D eigenvalue weighted by Gasteiger charge is -2.38. The molecule has 2 heterocycles. The van der Waals surface area contributed by atoms with E-state index in [4.69, 9.17) is 23.2 Å². The van der Waals surface area contributed by atoms with Gasteiger partial charge in [-0.1, -0.05) is 48.3 Å². The quantitative estimate of drug-likeness (QED) is 0.511. The fourth-order valence-corrected chi connectivity index (χ4v) is 5.86. The van der Waals surface area contributed by atoms with Crippen LogP contribution < -0.4 is 9.80 Å². The van der Waals surface area contributed by atoms with Crippen LogP contribution in [-0.4, -0.2) is 75.6 Å². The first-order chi connectivity index (χ1) is 16.7. The van der Waals surface area contributed by atoms with Gasteiger partial charge in [0.25, 0.3) is 0 Å². The number of carbonyl (C=O) groups is 1. The van der Waals surface area contributed by atoms with Crippen molar-refractivity contribution in [2.24, 2.45) is 11.8 Å². The van der Waals surface area contributed by atoms with E-state index in [2.05, 4.69) is 28.8 Å². The molecule has 0 unspecified atom stereocenters. The van der Waals surface area contributed by atoms with Crippen molar-refractivity contribution in [3.63, 3.8) is 0 Å². The maximum atomic E-state index is 14.3.